The average Bonchev–Trinajstić information content (AvgIpc) is 2.60. The lowest BCUT2D eigenvalue weighted by atomic mass is 9.66. The molecule has 12 heavy (non-hydrogen) atoms. The molecule has 0 heterocycles. The van der Waals surface area contributed by atoms with Gasteiger partial charge in [-0.3, -0.25) is 0 Å². The molecule has 0 aromatic rings. The van der Waals surface area contributed by atoms with Crippen LogP contribution in [0.2, 0.25) is 0 Å². The first-order valence-electron chi connectivity index (χ1n) is 5.18. The van der Waals surface area contributed by atoms with Crippen LogP contribution in [0.4, 0.5) is 0 Å². The van der Waals surface area contributed by atoms with E-state index in [9.17, 15) is 0 Å². The van der Waals surface area contributed by atoms with E-state index in [1.54, 1.807) is 12.8 Å². The Morgan fingerprint density at radius 2 is 2.00 bits per heavy atom. The number of hydrogen-bond acceptors (Lipinski definition) is 1. The molecule has 68 valence electrons. The van der Waals surface area contributed by atoms with Crippen molar-refractivity contribution in [2.45, 2.75) is 37.9 Å². The first-order valence-corrected chi connectivity index (χ1v) is 6.41. The summed E-state index contributed by atoms with van der Waals surface area (Å²) in [5, 5.41) is 0. The summed E-state index contributed by atoms with van der Waals surface area (Å²) >= 11 is 2.14. The Bertz CT molecular complexity index is 237. The van der Waals surface area contributed by atoms with Gasteiger partial charge >= 0.3 is 0 Å². The van der Waals surface area contributed by atoms with Gasteiger partial charge in [0.25, 0.3) is 0 Å². The second kappa shape index (κ2) is 1.89. The Morgan fingerprint density at radius 1 is 1.25 bits per heavy atom. The topological polar surface area (TPSA) is 0 Å². The highest BCUT2D eigenvalue weighted by Crippen LogP contribution is 2.85. The lowest BCUT2D eigenvalue weighted by molar-refractivity contribution is 0.139. The molecule has 0 N–H and O–H groups in total. The molecule has 3 saturated carbocycles. The summed E-state index contributed by atoms with van der Waals surface area (Å²) in [6.45, 7) is 4.96. The zero-order valence-electron chi connectivity index (χ0n) is 8.26. The van der Waals surface area contributed by atoms with Gasteiger partial charge in [0, 0.05) is 4.75 Å². The predicted molar refractivity (Wildman–Crippen MR) is 54.3 cm³/mol. The molecule has 0 aliphatic heterocycles. The SMILES string of the molecule is CSC1(C)C2CC(C)CC23CC31. The molecule has 0 radical (unpaired) electrons. The van der Waals surface area contributed by atoms with E-state index >= 15 is 0 Å². The van der Waals surface area contributed by atoms with Crippen LogP contribution in [0.5, 0.6) is 0 Å². The predicted octanol–water partition coefficient (Wildman–Crippen LogP) is 3.17. The van der Waals surface area contributed by atoms with E-state index in [0.717, 1.165) is 23.2 Å². The highest BCUT2D eigenvalue weighted by Gasteiger charge is 2.80. The molecule has 3 fully saturated rings. The molecule has 0 aromatic heterocycles. The van der Waals surface area contributed by atoms with E-state index < -0.39 is 0 Å². The molecule has 5 atom stereocenters. The maximum atomic E-state index is 2.51. The van der Waals surface area contributed by atoms with Crippen LogP contribution in [0.1, 0.15) is 33.1 Å². The van der Waals surface area contributed by atoms with Gasteiger partial charge in [-0.25, -0.2) is 0 Å². The molecule has 3 aliphatic rings. The van der Waals surface area contributed by atoms with Crippen molar-refractivity contribution in [3.8, 4) is 0 Å². The van der Waals surface area contributed by atoms with E-state index in [1.165, 1.54) is 6.42 Å². The van der Waals surface area contributed by atoms with Crippen molar-refractivity contribution in [1.29, 1.82) is 0 Å². The van der Waals surface area contributed by atoms with E-state index in [4.69, 9.17) is 0 Å². The Labute approximate surface area is 79.5 Å². The van der Waals surface area contributed by atoms with Crippen LogP contribution in [0.25, 0.3) is 0 Å². The first-order chi connectivity index (χ1) is 5.63. The summed E-state index contributed by atoms with van der Waals surface area (Å²) in [5.74, 6) is 3.21. The highest BCUT2D eigenvalue weighted by atomic mass is 32.2. The van der Waals surface area contributed by atoms with E-state index in [-0.39, 0.29) is 0 Å². The van der Waals surface area contributed by atoms with Gasteiger partial charge in [0.1, 0.15) is 0 Å². The van der Waals surface area contributed by atoms with Crippen LogP contribution in [0, 0.1) is 23.2 Å². The molecule has 0 nitrogen and oxygen atoms in total. The normalized spacial score (nSPS) is 66.8. The molecule has 1 heteroatoms. The average molecular weight is 182 g/mol. The van der Waals surface area contributed by atoms with Crippen LogP contribution < -0.4 is 0 Å². The quantitative estimate of drug-likeness (QED) is 0.600. The lowest BCUT2D eigenvalue weighted by Crippen LogP contribution is -2.48. The summed E-state index contributed by atoms with van der Waals surface area (Å²) in [6, 6.07) is 0. The van der Waals surface area contributed by atoms with Crippen molar-refractivity contribution in [1.82, 2.24) is 0 Å². The van der Waals surface area contributed by atoms with Gasteiger partial charge in [-0.15, -0.1) is 0 Å². The van der Waals surface area contributed by atoms with Crippen LogP contribution >= 0.6 is 11.8 Å². The zero-order chi connectivity index (χ0) is 8.56. The van der Waals surface area contributed by atoms with E-state index in [1.807, 2.05) is 0 Å². The molecule has 0 amide bonds. The molecule has 0 bridgehead atoms. The number of hydrogen-bond donors (Lipinski definition) is 0. The van der Waals surface area contributed by atoms with Crippen LogP contribution in [-0.4, -0.2) is 11.0 Å². The fraction of sp³-hybridized carbons (Fsp3) is 1.00. The monoisotopic (exact) mass is 182 g/mol. The summed E-state index contributed by atoms with van der Waals surface area (Å²) in [6.07, 6.45) is 6.96. The van der Waals surface area contributed by atoms with Gasteiger partial charge in [0.2, 0.25) is 0 Å². The third-order valence-electron chi connectivity index (χ3n) is 5.00. The fourth-order valence-corrected chi connectivity index (χ4v) is 5.67. The standard InChI is InChI=1S/C11H18S/c1-7-4-8-10(2,12-3)9-6-11(8,9)5-7/h7-9H,4-6H2,1-3H3. The molecular weight excluding hydrogens is 164 g/mol. The number of thioether (sulfide) groups is 1. The first kappa shape index (κ1) is 7.73. The van der Waals surface area contributed by atoms with Gasteiger partial charge < -0.3 is 0 Å². The zero-order valence-corrected chi connectivity index (χ0v) is 9.08. The van der Waals surface area contributed by atoms with Gasteiger partial charge in [-0.1, -0.05) is 6.92 Å². The minimum atomic E-state index is 0.685. The summed E-state index contributed by atoms with van der Waals surface area (Å²) in [5.41, 5.74) is 0.886. The Balaban J connectivity index is 1.91. The van der Waals surface area contributed by atoms with Gasteiger partial charge in [-0.05, 0) is 55.6 Å². The fourth-order valence-electron chi connectivity index (χ4n) is 4.45. The summed E-state index contributed by atoms with van der Waals surface area (Å²) in [7, 11) is 0. The van der Waals surface area contributed by atoms with Crippen molar-refractivity contribution in [3.05, 3.63) is 0 Å². The third-order valence-corrected chi connectivity index (χ3v) is 6.45. The maximum Gasteiger partial charge on any atom is 0.0196 e. The lowest BCUT2D eigenvalue weighted by Gasteiger charge is -2.49. The molecule has 3 aliphatic carbocycles. The van der Waals surface area contributed by atoms with Gasteiger partial charge in [0.05, 0.1) is 0 Å². The van der Waals surface area contributed by atoms with Crippen molar-refractivity contribution < 1.29 is 0 Å². The minimum Gasteiger partial charge on any atom is -0.158 e. The van der Waals surface area contributed by atoms with Gasteiger partial charge in [0.15, 0.2) is 0 Å². The van der Waals surface area contributed by atoms with Crippen molar-refractivity contribution in [3.63, 3.8) is 0 Å². The second-order valence-electron chi connectivity index (χ2n) is 5.48. The Morgan fingerprint density at radius 3 is 2.67 bits per heavy atom. The van der Waals surface area contributed by atoms with Crippen LogP contribution in [0.15, 0.2) is 0 Å². The molecule has 5 unspecified atom stereocenters. The minimum absolute atomic E-state index is 0.685. The van der Waals surface area contributed by atoms with Gasteiger partial charge in [-0.2, -0.15) is 11.8 Å². The summed E-state index contributed by atoms with van der Waals surface area (Å²) in [4.78, 5) is 0. The Hall–Kier alpha value is 0.350. The molecular formula is C11H18S. The largest absolute Gasteiger partial charge is 0.158 e. The Kier molecular flexibility index (Phi) is 1.22. The van der Waals surface area contributed by atoms with Crippen molar-refractivity contribution in [2.24, 2.45) is 23.2 Å². The van der Waals surface area contributed by atoms with Crippen molar-refractivity contribution in [2.75, 3.05) is 6.26 Å². The summed E-state index contributed by atoms with van der Waals surface area (Å²) < 4.78 is 0.685. The van der Waals surface area contributed by atoms with Crippen LogP contribution in [-0.2, 0) is 0 Å². The maximum absolute atomic E-state index is 2.51. The number of rotatable bonds is 1. The third kappa shape index (κ3) is 0.584. The van der Waals surface area contributed by atoms with E-state index in [2.05, 4.69) is 31.9 Å². The molecule has 3 rings (SSSR count). The van der Waals surface area contributed by atoms with E-state index in [0.29, 0.717) is 4.75 Å². The molecule has 0 aromatic carbocycles. The smallest absolute Gasteiger partial charge is 0.0196 e. The van der Waals surface area contributed by atoms with Crippen LogP contribution in [0.3, 0.4) is 0 Å². The van der Waals surface area contributed by atoms with Crippen molar-refractivity contribution >= 4 is 11.8 Å². The molecule has 0 saturated heterocycles. The highest BCUT2D eigenvalue weighted by molar-refractivity contribution is 8.00. The molecule has 1 spiro atoms. The second-order valence-corrected chi connectivity index (χ2v) is 6.76.